The minimum atomic E-state index is -0.364. The molecule has 4 aliphatic heterocycles. The number of carbonyl (C=O) groups excluding carboxylic acids is 2. The van der Waals surface area contributed by atoms with Gasteiger partial charge < -0.3 is 14.6 Å². The first kappa shape index (κ1) is 27.5. The molecule has 6 heterocycles. The summed E-state index contributed by atoms with van der Waals surface area (Å²) in [7, 11) is 1.85. The minimum Gasteiger partial charge on any atom is -0.508 e. The zero-order chi connectivity index (χ0) is 30.5. The average molecular weight is 608 g/mol. The molecule has 0 atom stereocenters. The summed E-state index contributed by atoms with van der Waals surface area (Å²) in [5, 5.41) is 10.4. The van der Waals surface area contributed by atoms with Crippen molar-refractivity contribution in [2.45, 2.75) is 19.9 Å². The molecule has 0 radical (unpaired) electrons. The van der Waals surface area contributed by atoms with Gasteiger partial charge in [-0.3, -0.25) is 19.4 Å². The Morgan fingerprint density at radius 3 is 2.41 bits per heavy atom. The second kappa shape index (κ2) is 10.7. The lowest BCUT2D eigenvalue weighted by molar-refractivity contribution is -0.110. The second-order valence-electron chi connectivity index (χ2n) is 10.7. The molecule has 0 saturated heterocycles. The summed E-state index contributed by atoms with van der Waals surface area (Å²) in [5.74, 6) is 0.0596. The Balaban J connectivity index is 1.43. The number of phenols is 1. The van der Waals surface area contributed by atoms with Crippen molar-refractivity contribution >= 4 is 34.8 Å². The van der Waals surface area contributed by atoms with Crippen LogP contribution in [0.3, 0.4) is 0 Å². The highest BCUT2D eigenvalue weighted by Crippen LogP contribution is 2.36. The maximum Gasteiger partial charge on any atom is 0.366 e. The first-order valence-corrected chi connectivity index (χ1v) is 14.3. The van der Waals surface area contributed by atoms with Crippen molar-refractivity contribution in [1.82, 2.24) is 19.4 Å². The number of hydrogen-bond donors (Lipinski definition) is 1. The van der Waals surface area contributed by atoms with E-state index in [1.807, 2.05) is 30.7 Å². The monoisotopic (exact) mass is 607 g/mol. The van der Waals surface area contributed by atoms with Crippen LogP contribution < -0.4 is 14.7 Å². The van der Waals surface area contributed by atoms with Crippen molar-refractivity contribution in [1.29, 1.82) is 0 Å². The molecule has 0 unspecified atom stereocenters. The number of aromatic nitrogens is 3. The molecule has 0 spiro atoms. The maximum atomic E-state index is 14.3. The van der Waals surface area contributed by atoms with Crippen LogP contribution in [0.2, 0.25) is 5.02 Å². The van der Waals surface area contributed by atoms with Crippen LogP contribution in [0.5, 0.6) is 17.5 Å². The molecular formula is C33H26ClN5O5. The molecule has 11 heteroatoms. The van der Waals surface area contributed by atoms with Gasteiger partial charge in [0.2, 0.25) is 0 Å². The van der Waals surface area contributed by atoms with Gasteiger partial charge in [-0.2, -0.15) is 9.97 Å². The van der Waals surface area contributed by atoms with Gasteiger partial charge in [0.05, 0.1) is 23.6 Å². The quantitative estimate of drug-likeness (QED) is 0.232. The predicted molar refractivity (Wildman–Crippen MR) is 163 cm³/mol. The van der Waals surface area contributed by atoms with Gasteiger partial charge in [0.1, 0.15) is 5.75 Å². The third-order valence-corrected chi connectivity index (χ3v) is 8.39. The predicted octanol–water partition coefficient (Wildman–Crippen LogP) is 6.01. The topological polar surface area (TPSA) is 110 Å². The third-order valence-electron chi connectivity index (χ3n) is 8.15. The van der Waals surface area contributed by atoms with Gasteiger partial charge in [-0.05, 0) is 73.5 Å². The lowest BCUT2D eigenvalue weighted by Crippen LogP contribution is -2.36. The van der Waals surface area contributed by atoms with Gasteiger partial charge in [0, 0.05) is 58.9 Å². The molecule has 2 aromatic heterocycles. The van der Waals surface area contributed by atoms with E-state index in [-0.39, 0.29) is 23.6 Å². The Morgan fingerprint density at radius 2 is 1.64 bits per heavy atom. The highest BCUT2D eigenvalue weighted by atomic mass is 35.5. The van der Waals surface area contributed by atoms with Crippen LogP contribution in [0.1, 0.15) is 37.5 Å². The second-order valence-corrected chi connectivity index (χ2v) is 11.1. The van der Waals surface area contributed by atoms with Crippen LogP contribution in [0.25, 0.3) is 11.3 Å². The van der Waals surface area contributed by atoms with E-state index in [0.29, 0.717) is 69.7 Å². The molecule has 1 N–H and O–H groups in total. The first-order chi connectivity index (χ1) is 21.3. The molecule has 4 aliphatic rings. The normalized spacial score (nSPS) is 14.4. The Labute approximate surface area is 257 Å². The number of aromatic hydroxyl groups is 1. The van der Waals surface area contributed by atoms with E-state index in [1.54, 1.807) is 47.4 Å². The minimum absolute atomic E-state index is 0.0412. The standard InChI is InChI=1S/C33H26ClN5O5/c1-19-27-15-29(37(19)2)28-14-21(34)6-11-26(28)31(41)38-13-12-25-20(18-38)4-3-5-30(25)43-44-33-35-16-23(17-36-33)39(32(27)42)22-7-9-24(40)10-8-22/h3-11,14-17,40H,12-13,18H2,1-2H3. The Morgan fingerprint density at radius 1 is 0.864 bits per heavy atom. The van der Waals surface area contributed by atoms with Crippen LogP contribution in [0.15, 0.2) is 79.1 Å². The van der Waals surface area contributed by atoms with E-state index in [1.165, 1.54) is 29.4 Å². The van der Waals surface area contributed by atoms with Crippen molar-refractivity contribution < 1.29 is 24.5 Å². The maximum absolute atomic E-state index is 14.3. The van der Waals surface area contributed by atoms with Gasteiger partial charge in [0.15, 0.2) is 5.75 Å². The summed E-state index contributed by atoms with van der Waals surface area (Å²) in [6, 6.07) is 18.8. The van der Waals surface area contributed by atoms with Gasteiger partial charge >= 0.3 is 6.01 Å². The summed E-state index contributed by atoms with van der Waals surface area (Å²) in [4.78, 5) is 51.4. The Hall–Kier alpha value is -5.35. The largest absolute Gasteiger partial charge is 0.508 e. The van der Waals surface area contributed by atoms with Crippen LogP contribution in [0, 0.1) is 6.92 Å². The molecule has 0 saturated carbocycles. The highest BCUT2D eigenvalue weighted by molar-refractivity contribution is 6.31. The van der Waals surface area contributed by atoms with Crippen LogP contribution in [-0.2, 0) is 20.0 Å². The number of nitrogens with zero attached hydrogens (tertiary/aromatic N) is 5. The van der Waals surface area contributed by atoms with E-state index in [0.717, 1.165) is 11.1 Å². The van der Waals surface area contributed by atoms with Crippen molar-refractivity contribution in [2.75, 3.05) is 11.4 Å². The van der Waals surface area contributed by atoms with Gasteiger partial charge in [-0.25, -0.2) is 4.89 Å². The number of halogens is 1. The van der Waals surface area contributed by atoms with Gasteiger partial charge in [-0.15, -0.1) is 0 Å². The SMILES string of the molecule is Cc1c2cc(n1C)-c1cc(Cl)ccc1C(=O)N1CCc3c(cccc3OOc3ncc(cn3)N(c3ccc(O)cc3)C2=O)C1. The van der Waals surface area contributed by atoms with Gasteiger partial charge in [-0.1, -0.05) is 23.7 Å². The average Bonchev–Trinajstić information content (AvgIpc) is 3.34. The van der Waals surface area contributed by atoms with Crippen LogP contribution >= 0.6 is 11.6 Å². The Kier molecular flexibility index (Phi) is 6.70. The molecule has 8 bridgehead atoms. The van der Waals surface area contributed by atoms with Gasteiger partial charge in [0.25, 0.3) is 11.8 Å². The molecule has 9 rings (SSSR count). The molecule has 2 amide bonds. The van der Waals surface area contributed by atoms with Crippen molar-refractivity contribution in [3.8, 4) is 28.8 Å². The zero-order valence-corrected chi connectivity index (χ0v) is 24.6. The number of carbonyl (C=O) groups is 2. The zero-order valence-electron chi connectivity index (χ0n) is 23.8. The summed E-state index contributed by atoms with van der Waals surface area (Å²) in [5.41, 5.74) is 5.56. The molecule has 0 fully saturated rings. The molecule has 44 heavy (non-hydrogen) atoms. The number of benzene rings is 3. The molecule has 0 aliphatic carbocycles. The summed E-state index contributed by atoms with van der Waals surface area (Å²) < 4.78 is 1.88. The molecule has 5 aromatic rings. The summed E-state index contributed by atoms with van der Waals surface area (Å²) in [6.07, 6.45) is 3.50. The number of amides is 2. The van der Waals surface area contributed by atoms with E-state index in [9.17, 15) is 14.7 Å². The van der Waals surface area contributed by atoms with Crippen molar-refractivity contribution in [3.05, 3.63) is 112 Å². The number of hydrogen-bond acceptors (Lipinski definition) is 7. The first-order valence-electron chi connectivity index (χ1n) is 13.9. The number of anilines is 2. The summed E-state index contributed by atoms with van der Waals surface area (Å²) in [6.45, 7) is 2.70. The molecule has 10 nitrogen and oxygen atoms in total. The number of rotatable bonds is 1. The Bertz CT molecular complexity index is 1940. The van der Waals surface area contributed by atoms with Crippen LogP contribution in [0.4, 0.5) is 11.4 Å². The fourth-order valence-corrected chi connectivity index (χ4v) is 5.91. The van der Waals surface area contributed by atoms with Crippen molar-refractivity contribution in [3.63, 3.8) is 0 Å². The lowest BCUT2D eigenvalue weighted by Gasteiger charge is -2.30. The van der Waals surface area contributed by atoms with E-state index >= 15 is 0 Å². The molecule has 220 valence electrons. The van der Waals surface area contributed by atoms with E-state index in [2.05, 4.69) is 9.97 Å². The fraction of sp³-hybridized carbons (Fsp3) is 0.152. The van der Waals surface area contributed by atoms with Crippen molar-refractivity contribution in [2.24, 2.45) is 7.05 Å². The van der Waals surface area contributed by atoms with E-state index < -0.39 is 0 Å². The molecular weight excluding hydrogens is 582 g/mol. The smallest absolute Gasteiger partial charge is 0.366 e. The van der Waals surface area contributed by atoms with E-state index in [4.69, 9.17) is 21.4 Å². The van der Waals surface area contributed by atoms with Crippen LogP contribution in [-0.4, -0.2) is 42.9 Å². The summed E-state index contributed by atoms with van der Waals surface area (Å²) >= 11 is 6.48. The molecule has 3 aromatic carbocycles. The third kappa shape index (κ3) is 4.69. The number of phenolic OH excluding ortho intramolecular Hbond substituents is 1. The highest BCUT2D eigenvalue weighted by Gasteiger charge is 2.30. The lowest BCUT2D eigenvalue weighted by atomic mass is 9.97. The number of fused-ring (bicyclic) bond motifs is 1. The fourth-order valence-electron chi connectivity index (χ4n) is 5.74.